The van der Waals surface area contributed by atoms with Crippen LogP contribution in [0.15, 0.2) is 16.6 Å². The minimum atomic E-state index is -0.318. The Morgan fingerprint density at radius 3 is 2.55 bits per heavy atom. The number of nitrogens with one attached hydrogen (secondary N) is 1. The van der Waals surface area contributed by atoms with Crippen molar-refractivity contribution in [1.29, 1.82) is 0 Å². The highest BCUT2D eigenvalue weighted by Crippen LogP contribution is 2.27. The monoisotopic (exact) mass is 343 g/mol. The molecule has 1 atom stereocenters. The first-order valence-corrected chi connectivity index (χ1v) is 7.63. The summed E-state index contributed by atoms with van der Waals surface area (Å²) in [6.07, 6.45) is 1.47. The zero-order valence-electron chi connectivity index (χ0n) is 12.8. The van der Waals surface area contributed by atoms with Crippen molar-refractivity contribution in [2.24, 2.45) is 11.3 Å². The van der Waals surface area contributed by atoms with E-state index in [1.807, 2.05) is 0 Å². The molecule has 0 fully saturated rings. The number of carbonyl (C=O) groups is 1. The lowest BCUT2D eigenvalue weighted by molar-refractivity contribution is -0.117. The average Bonchev–Trinajstić information content (AvgIpc) is 2.22. The summed E-state index contributed by atoms with van der Waals surface area (Å²) in [5.74, 6) is -0.0239. The molecule has 1 aromatic rings. The van der Waals surface area contributed by atoms with E-state index in [4.69, 9.17) is 0 Å². The van der Waals surface area contributed by atoms with Crippen LogP contribution in [0.3, 0.4) is 0 Å². The zero-order valence-corrected chi connectivity index (χ0v) is 14.4. The number of anilines is 1. The molecule has 1 N–H and O–H groups in total. The molecule has 112 valence electrons. The molecule has 0 saturated carbocycles. The largest absolute Gasteiger partial charge is 0.326 e. The van der Waals surface area contributed by atoms with Crippen molar-refractivity contribution in [1.82, 2.24) is 0 Å². The van der Waals surface area contributed by atoms with Crippen molar-refractivity contribution >= 4 is 27.5 Å². The fourth-order valence-corrected chi connectivity index (χ4v) is 2.76. The van der Waals surface area contributed by atoms with Gasteiger partial charge in [-0.05, 0) is 58.3 Å². The van der Waals surface area contributed by atoms with Gasteiger partial charge in [-0.3, -0.25) is 4.79 Å². The van der Waals surface area contributed by atoms with Gasteiger partial charge in [0, 0.05) is 12.1 Å². The lowest BCUT2D eigenvalue weighted by Gasteiger charge is -2.23. The van der Waals surface area contributed by atoms with Gasteiger partial charge in [0.15, 0.2) is 0 Å². The highest BCUT2D eigenvalue weighted by Gasteiger charge is 2.18. The predicted octanol–water partition coefficient (Wildman–Crippen LogP) is 5.30. The maximum atomic E-state index is 13.3. The first-order chi connectivity index (χ1) is 9.08. The van der Waals surface area contributed by atoms with Crippen molar-refractivity contribution < 1.29 is 9.18 Å². The SMILES string of the molecule is Cc1cc(F)c(Br)cc1NC(=O)CC(C)CC(C)(C)C. The molecule has 1 rings (SSSR count). The number of halogens is 2. The van der Waals surface area contributed by atoms with Crippen LogP contribution in [-0.4, -0.2) is 5.91 Å². The summed E-state index contributed by atoms with van der Waals surface area (Å²) in [4.78, 5) is 12.0. The number of hydrogen-bond donors (Lipinski definition) is 1. The Bertz CT molecular complexity index is 494. The molecule has 0 aliphatic rings. The van der Waals surface area contributed by atoms with E-state index in [1.165, 1.54) is 6.07 Å². The fraction of sp³-hybridized carbons (Fsp3) is 0.562. The van der Waals surface area contributed by atoms with E-state index >= 15 is 0 Å². The topological polar surface area (TPSA) is 29.1 Å². The van der Waals surface area contributed by atoms with Crippen molar-refractivity contribution in [3.63, 3.8) is 0 Å². The smallest absolute Gasteiger partial charge is 0.224 e. The van der Waals surface area contributed by atoms with Crippen LogP contribution in [0.4, 0.5) is 10.1 Å². The summed E-state index contributed by atoms with van der Waals surface area (Å²) < 4.78 is 13.7. The molecule has 0 radical (unpaired) electrons. The van der Waals surface area contributed by atoms with E-state index in [0.29, 0.717) is 22.5 Å². The summed E-state index contributed by atoms with van der Waals surface area (Å²) in [5, 5.41) is 2.86. The Morgan fingerprint density at radius 2 is 2.00 bits per heavy atom. The van der Waals surface area contributed by atoms with Crippen LogP contribution in [0.5, 0.6) is 0 Å². The van der Waals surface area contributed by atoms with Gasteiger partial charge in [0.25, 0.3) is 0 Å². The van der Waals surface area contributed by atoms with Crippen LogP contribution >= 0.6 is 15.9 Å². The van der Waals surface area contributed by atoms with Crippen LogP contribution in [0, 0.1) is 24.1 Å². The molecule has 0 heterocycles. The van der Waals surface area contributed by atoms with Gasteiger partial charge in [-0.1, -0.05) is 27.7 Å². The molecule has 4 heteroatoms. The van der Waals surface area contributed by atoms with Gasteiger partial charge in [-0.25, -0.2) is 4.39 Å². The van der Waals surface area contributed by atoms with E-state index in [1.54, 1.807) is 13.0 Å². The average molecular weight is 344 g/mol. The van der Waals surface area contributed by atoms with Crippen molar-refractivity contribution in [2.75, 3.05) is 5.32 Å². The molecule has 0 saturated heterocycles. The minimum absolute atomic E-state index is 0.0247. The molecule has 1 unspecified atom stereocenters. The van der Waals surface area contributed by atoms with E-state index in [9.17, 15) is 9.18 Å². The van der Waals surface area contributed by atoms with Gasteiger partial charge in [0.05, 0.1) is 4.47 Å². The standard InChI is InChI=1S/C16H23BrFNO/c1-10(9-16(3,4)5)6-15(20)19-14-8-12(17)13(18)7-11(14)2/h7-8,10H,6,9H2,1-5H3,(H,19,20). The third-order valence-electron chi connectivity index (χ3n) is 3.04. The molecule has 2 nitrogen and oxygen atoms in total. The summed E-state index contributed by atoms with van der Waals surface area (Å²) in [6.45, 7) is 10.4. The summed E-state index contributed by atoms with van der Waals surface area (Å²) in [6, 6.07) is 3.02. The maximum absolute atomic E-state index is 13.3. The molecule has 0 aromatic heterocycles. The van der Waals surface area contributed by atoms with E-state index in [2.05, 4.69) is 48.9 Å². The van der Waals surface area contributed by atoms with E-state index in [0.717, 1.165) is 12.0 Å². The van der Waals surface area contributed by atoms with E-state index in [-0.39, 0.29) is 17.1 Å². The number of aryl methyl sites for hydroxylation is 1. The predicted molar refractivity (Wildman–Crippen MR) is 85.3 cm³/mol. The zero-order chi connectivity index (χ0) is 15.5. The Kier molecular flexibility index (Phi) is 5.75. The van der Waals surface area contributed by atoms with E-state index < -0.39 is 0 Å². The summed E-state index contributed by atoms with van der Waals surface area (Å²) in [7, 11) is 0. The molecular weight excluding hydrogens is 321 g/mol. The number of rotatable bonds is 4. The van der Waals surface area contributed by atoms with Gasteiger partial charge < -0.3 is 5.32 Å². The van der Waals surface area contributed by atoms with Gasteiger partial charge >= 0.3 is 0 Å². The molecule has 1 aromatic carbocycles. The van der Waals surface area contributed by atoms with Crippen LogP contribution in [0.1, 0.15) is 46.1 Å². The number of hydrogen-bond acceptors (Lipinski definition) is 1. The quantitative estimate of drug-likeness (QED) is 0.789. The second-order valence-corrected chi connectivity index (χ2v) is 7.56. The third kappa shape index (κ3) is 5.61. The molecule has 0 aliphatic heterocycles. The van der Waals surface area contributed by atoms with Crippen LogP contribution in [0.25, 0.3) is 0 Å². The number of benzene rings is 1. The Morgan fingerprint density at radius 1 is 1.40 bits per heavy atom. The fourth-order valence-electron chi connectivity index (χ4n) is 2.42. The lowest BCUT2D eigenvalue weighted by Crippen LogP contribution is -2.19. The van der Waals surface area contributed by atoms with Gasteiger partial charge in [-0.15, -0.1) is 0 Å². The molecule has 1 amide bonds. The lowest BCUT2D eigenvalue weighted by atomic mass is 9.84. The normalized spacial score (nSPS) is 13.2. The Balaban J connectivity index is 2.65. The van der Waals surface area contributed by atoms with Crippen molar-refractivity contribution in [2.45, 2.75) is 47.5 Å². The van der Waals surface area contributed by atoms with Crippen LogP contribution < -0.4 is 5.32 Å². The summed E-state index contributed by atoms with van der Waals surface area (Å²) in [5.41, 5.74) is 1.60. The van der Waals surface area contributed by atoms with Gasteiger partial charge in [0.2, 0.25) is 5.91 Å². The third-order valence-corrected chi connectivity index (χ3v) is 3.64. The number of amides is 1. The van der Waals surface area contributed by atoms with Crippen LogP contribution in [-0.2, 0) is 4.79 Å². The minimum Gasteiger partial charge on any atom is -0.326 e. The Labute approximate surface area is 129 Å². The van der Waals surface area contributed by atoms with Crippen LogP contribution in [0.2, 0.25) is 0 Å². The molecule has 0 bridgehead atoms. The highest BCUT2D eigenvalue weighted by atomic mass is 79.9. The van der Waals surface area contributed by atoms with Crippen molar-refractivity contribution in [3.8, 4) is 0 Å². The highest BCUT2D eigenvalue weighted by molar-refractivity contribution is 9.10. The summed E-state index contributed by atoms with van der Waals surface area (Å²) >= 11 is 3.13. The second kappa shape index (κ2) is 6.70. The van der Waals surface area contributed by atoms with Crippen molar-refractivity contribution in [3.05, 3.63) is 28.0 Å². The molecule has 20 heavy (non-hydrogen) atoms. The molecular formula is C16H23BrFNO. The molecule has 0 aliphatic carbocycles. The molecule has 0 spiro atoms. The second-order valence-electron chi connectivity index (χ2n) is 6.70. The first kappa shape index (κ1) is 17.2. The Hall–Kier alpha value is -0.900. The number of carbonyl (C=O) groups excluding carboxylic acids is 1. The maximum Gasteiger partial charge on any atom is 0.224 e. The first-order valence-electron chi connectivity index (χ1n) is 6.84. The van der Waals surface area contributed by atoms with Gasteiger partial charge in [0.1, 0.15) is 5.82 Å². The van der Waals surface area contributed by atoms with Gasteiger partial charge in [-0.2, -0.15) is 0 Å².